The third-order valence-corrected chi connectivity index (χ3v) is 3.24. The van der Waals surface area contributed by atoms with Gasteiger partial charge in [0, 0.05) is 17.2 Å². The number of para-hydroxylation sites is 1. The molecule has 1 aromatic heterocycles. The van der Waals surface area contributed by atoms with Gasteiger partial charge in [-0.1, -0.05) is 19.1 Å². The van der Waals surface area contributed by atoms with Crippen molar-refractivity contribution in [2.24, 2.45) is 0 Å². The summed E-state index contributed by atoms with van der Waals surface area (Å²) in [7, 11) is 0. The summed E-state index contributed by atoms with van der Waals surface area (Å²) in [6.45, 7) is 2.63. The molecule has 0 radical (unpaired) electrons. The summed E-state index contributed by atoms with van der Waals surface area (Å²) in [5, 5.41) is 5.86. The van der Waals surface area contributed by atoms with Gasteiger partial charge in [0.15, 0.2) is 0 Å². The number of hydrogen-bond donors (Lipinski definition) is 2. The first-order valence-corrected chi connectivity index (χ1v) is 7.13. The van der Waals surface area contributed by atoms with Gasteiger partial charge in [0.2, 0.25) is 5.95 Å². The molecule has 0 spiro atoms. The molecule has 0 atom stereocenters. The normalized spacial score (nSPS) is 10.1. The molecule has 0 fully saturated rings. The van der Waals surface area contributed by atoms with Crippen LogP contribution >= 0.6 is 15.9 Å². The number of nitrogens with one attached hydrogen (secondary N) is 2. The number of halogens is 1. The lowest BCUT2D eigenvalue weighted by molar-refractivity contribution is 0.0948. The van der Waals surface area contributed by atoms with Gasteiger partial charge in [0.25, 0.3) is 5.91 Å². The Kier molecular flexibility index (Phi) is 5.06. The van der Waals surface area contributed by atoms with E-state index in [1.165, 1.54) is 0 Å². The van der Waals surface area contributed by atoms with Crippen molar-refractivity contribution in [3.05, 3.63) is 46.7 Å². The highest BCUT2D eigenvalue weighted by Gasteiger charge is 2.08. The molecular weight excluding hydrogens is 320 g/mol. The van der Waals surface area contributed by atoms with Crippen LogP contribution in [-0.4, -0.2) is 22.4 Å². The summed E-state index contributed by atoms with van der Waals surface area (Å²) < 4.78 is 0.907. The van der Waals surface area contributed by atoms with Gasteiger partial charge in [-0.2, -0.15) is 0 Å². The predicted molar refractivity (Wildman–Crippen MR) is 82.1 cm³/mol. The summed E-state index contributed by atoms with van der Waals surface area (Å²) in [4.78, 5) is 20.2. The van der Waals surface area contributed by atoms with Gasteiger partial charge in [-0.25, -0.2) is 9.97 Å². The van der Waals surface area contributed by atoms with E-state index in [9.17, 15) is 4.79 Å². The molecule has 1 amide bonds. The largest absolute Gasteiger partial charge is 0.351 e. The maximum atomic E-state index is 11.8. The van der Waals surface area contributed by atoms with E-state index in [0.29, 0.717) is 18.2 Å². The smallest absolute Gasteiger partial charge is 0.270 e. The molecule has 1 aromatic carbocycles. The van der Waals surface area contributed by atoms with E-state index in [1.807, 2.05) is 31.2 Å². The lowest BCUT2D eigenvalue weighted by atomic mass is 10.3. The number of carbonyl (C=O) groups is 1. The quantitative estimate of drug-likeness (QED) is 0.881. The Morgan fingerprint density at radius 1 is 1.30 bits per heavy atom. The molecule has 104 valence electrons. The van der Waals surface area contributed by atoms with Crippen molar-refractivity contribution in [1.82, 2.24) is 15.3 Å². The number of benzene rings is 1. The summed E-state index contributed by atoms with van der Waals surface area (Å²) in [5.41, 5.74) is 1.20. The van der Waals surface area contributed by atoms with Crippen LogP contribution in [0.1, 0.15) is 23.8 Å². The van der Waals surface area contributed by atoms with E-state index in [4.69, 9.17) is 0 Å². The van der Waals surface area contributed by atoms with E-state index in [0.717, 1.165) is 16.6 Å². The Balaban J connectivity index is 2.14. The molecule has 2 aromatic rings. The summed E-state index contributed by atoms with van der Waals surface area (Å²) >= 11 is 3.44. The molecule has 2 rings (SSSR count). The van der Waals surface area contributed by atoms with E-state index in [1.54, 1.807) is 12.3 Å². The topological polar surface area (TPSA) is 66.9 Å². The Morgan fingerprint density at radius 3 is 2.85 bits per heavy atom. The maximum Gasteiger partial charge on any atom is 0.270 e. The summed E-state index contributed by atoms with van der Waals surface area (Å²) in [6, 6.07) is 9.24. The number of rotatable bonds is 5. The molecule has 6 heteroatoms. The van der Waals surface area contributed by atoms with Crippen LogP contribution in [0, 0.1) is 0 Å². The van der Waals surface area contributed by atoms with E-state index in [-0.39, 0.29) is 5.91 Å². The zero-order valence-electron chi connectivity index (χ0n) is 11.1. The fourth-order valence-corrected chi connectivity index (χ4v) is 1.94. The van der Waals surface area contributed by atoms with Crippen molar-refractivity contribution >= 4 is 33.5 Å². The molecule has 0 aliphatic carbocycles. The molecule has 0 bridgehead atoms. The minimum atomic E-state index is -0.190. The van der Waals surface area contributed by atoms with Crippen LogP contribution in [-0.2, 0) is 0 Å². The second-order valence-electron chi connectivity index (χ2n) is 4.13. The first kappa shape index (κ1) is 14.5. The van der Waals surface area contributed by atoms with Gasteiger partial charge in [-0.15, -0.1) is 0 Å². The van der Waals surface area contributed by atoms with E-state index in [2.05, 4.69) is 36.5 Å². The monoisotopic (exact) mass is 334 g/mol. The summed E-state index contributed by atoms with van der Waals surface area (Å²) in [5.74, 6) is 0.200. The van der Waals surface area contributed by atoms with Crippen LogP contribution in [0.2, 0.25) is 0 Å². The molecule has 0 aliphatic rings. The molecule has 0 saturated carbocycles. The van der Waals surface area contributed by atoms with Gasteiger partial charge in [-0.05, 0) is 40.5 Å². The van der Waals surface area contributed by atoms with Gasteiger partial charge >= 0.3 is 0 Å². The number of carbonyl (C=O) groups excluding carboxylic acids is 1. The Bertz CT molecular complexity index is 603. The lowest BCUT2D eigenvalue weighted by Crippen LogP contribution is -2.25. The lowest BCUT2D eigenvalue weighted by Gasteiger charge is -2.08. The van der Waals surface area contributed by atoms with Crippen molar-refractivity contribution in [1.29, 1.82) is 0 Å². The van der Waals surface area contributed by atoms with Crippen molar-refractivity contribution in [3.8, 4) is 0 Å². The molecular formula is C14H15BrN4O. The van der Waals surface area contributed by atoms with Crippen molar-refractivity contribution in [3.63, 3.8) is 0 Å². The van der Waals surface area contributed by atoms with Crippen LogP contribution < -0.4 is 10.6 Å². The van der Waals surface area contributed by atoms with Gasteiger partial charge in [0.05, 0.1) is 5.69 Å². The van der Waals surface area contributed by atoms with Crippen LogP contribution in [0.15, 0.2) is 41.0 Å². The third-order valence-electron chi connectivity index (χ3n) is 2.54. The minimum absolute atomic E-state index is 0.190. The second kappa shape index (κ2) is 7.00. The number of aromatic nitrogens is 2. The van der Waals surface area contributed by atoms with Gasteiger partial charge in [0.1, 0.15) is 5.69 Å². The Hall–Kier alpha value is -1.95. The number of nitrogens with zero attached hydrogens (tertiary/aromatic N) is 2. The van der Waals surface area contributed by atoms with Crippen molar-refractivity contribution in [2.45, 2.75) is 13.3 Å². The first-order valence-electron chi connectivity index (χ1n) is 6.33. The molecule has 5 nitrogen and oxygen atoms in total. The van der Waals surface area contributed by atoms with Crippen molar-refractivity contribution in [2.75, 3.05) is 11.9 Å². The number of amides is 1. The van der Waals surface area contributed by atoms with Crippen molar-refractivity contribution < 1.29 is 4.79 Å². The van der Waals surface area contributed by atoms with Gasteiger partial charge < -0.3 is 10.6 Å². The van der Waals surface area contributed by atoms with Gasteiger partial charge in [-0.3, -0.25) is 4.79 Å². The fourth-order valence-electron chi connectivity index (χ4n) is 1.56. The molecule has 2 N–H and O–H groups in total. The molecule has 0 aliphatic heterocycles. The first-order chi connectivity index (χ1) is 9.70. The summed E-state index contributed by atoms with van der Waals surface area (Å²) in [6.07, 6.45) is 2.45. The average molecular weight is 335 g/mol. The zero-order valence-corrected chi connectivity index (χ0v) is 12.6. The van der Waals surface area contributed by atoms with Crippen LogP contribution in [0.5, 0.6) is 0 Å². The third kappa shape index (κ3) is 3.77. The maximum absolute atomic E-state index is 11.8. The molecule has 20 heavy (non-hydrogen) atoms. The SMILES string of the molecule is CCCNC(=O)c1ccnc(Nc2ccccc2Br)n1. The van der Waals surface area contributed by atoms with Crippen LogP contribution in [0.25, 0.3) is 0 Å². The fraction of sp³-hybridized carbons (Fsp3) is 0.214. The van der Waals surface area contributed by atoms with E-state index >= 15 is 0 Å². The van der Waals surface area contributed by atoms with E-state index < -0.39 is 0 Å². The predicted octanol–water partition coefficient (Wildman–Crippen LogP) is 3.12. The number of hydrogen-bond acceptors (Lipinski definition) is 4. The molecule has 0 saturated heterocycles. The number of anilines is 2. The Morgan fingerprint density at radius 2 is 2.10 bits per heavy atom. The standard InChI is InChI=1S/C14H15BrN4O/c1-2-8-16-13(20)12-7-9-17-14(19-12)18-11-6-4-3-5-10(11)15/h3-7,9H,2,8H2,1H3,(H,16,20)(H,17,18,19). The molecule has 1 heterocycles. The van der Waals surface area contributed by atoms with Crippen LogP contribution in [0.4, 0.5) is 11.6 Å². The van der Waals surface area contributed by atoms with Crippen LogP contribution in [0.3, 0.4) is 0 Å². The highest BCUT2D eigenvalue weighted by atomic mass is 79.9. The minimum Gasteiger partial charge on any atom is -0.351 e. The second-order valence-corrected chi connectivity index (χ2v) is 4.98. The zero-order chi connectivity index (χ0) is 14.4. The highest BCUT2D eigenvalue weighted by Crippen LogP contribution is 2.23. The average Bonchev–Trinajstić information content (AvgIpc) is 2.47. The Labute approximate surface area is 126 Å². The highest BCUT2D eigenvalue weighted by molar-refractivity contribution is 9.10. The molecule has 0 unspecified atom stereocenters.